The molecule has 42 heavy (non-hydrogen) atoms. The van der Waals surface area contributed by atoms with Gasteiger partial charge < -0.3 is 30.4 Å². The molecule has 3 amide bonds. The van der Waals surface area contributed by atoms with E-state index in [4.69, 9.17) is 9.47 Å². The minimum Gasteiger partial charge on any atom is -0.379 e. The predicted molar refractivity (Wildman–Crippen MR) is 154 cm³/mol. The molecule has 2 saturated heterocycles. The number of nitrogens with zero attached hydrogens (tertiary/aromatic N) is 2. The van der Waals surface area contributed by atoms with Crippen molar-refractivity contribution in [1.82, 2.24) is 30.8 Å². The first-order valence-corrected chi connectivity index (χ1v) is 15.0. The minimum atomic E-state index is -0.969. The van der Waals surface area contributed by atoms with E-state index in [0.717, 1.165) is 42.3 Å². The van der Waals surface area contributed by atoms with Crippen LogP contribution in [0.5, 0.6) is 0 Å². The molecule has 1 aromatic carbocycles. The van der Waals surface area contributed by atoms with Crippen LogP contribution >= 0.6 is 0 Å². The molecule has 0 bridgehead atoms. The van der Waals surface area contributed by atoms with Gasteiger partial charge >= 0.3 is 0 Å². The molecule has 3 fully saturated rings. The summed E-state index contributed by atoms with van der Waals surface area (Å²) in [5, 5.41) is 8.56. The molecule has 0 spiro atoms. The molecule has 4 atom stereocenters. The Bertz CT molecular complexity index is 1280. The van der Waals surface area contributed by atoms with E-state index in [1.54, 1.807) is 20.2 Å². The Kier molecular flexibility index (Phi) is 9.54. The van der Waals surface area contributed by atoms with Gasteiger partial charge in [0.05, 0.1) is 49.8 Å². The maximum atomic E-state index is 13.8. The molecule has 5 rings (SSSR count). The number of ether oxygens (including phenoxy) is 2. The van der Waals surface area contributed by atoms with E-state index in [-0.39, 0.29) is 24.7 Å². The lowest BCUT2D eigenvalue weighted by molar-refractivity contribution is -0.134. The van der Waals surface area contributed by atoms with Crippen LogP contribution in [0.15, 0.2) is 24.5 Å². The highest BCUT2D eigenvalue weighted by molar-refractivity contribution is 5.98. The number of fused-ring (bicyclic) bond motifs is 1. The third-order valence-electron chi connectivity index (χ3n) is 8.57. The van der Waals surface area contributed by atoms with Crippen LogP contribution in [-0.4, -0.2) is 102 Å². The van der Waals surface area contributed by atoms with Crippen LogP contribution in [0.4, 0.5) is 0 Å². The lowest BCUT2D eigenvalue weighted by atomic mass is 9.90. The van der Waals surface area contributed by atoms with Crippen LogP contribution in [0.3, 0.4) is 0 Å². The first kappa shape index (κ1) is 30.1. The number of H-pyrrole nitrogens is 1. The summed E-state index contributed by atoms with van der Waals surface area (Å²) >= 11 is 0. The Balaban J connectivity index is 1.28. The van der Waals surface area contributed by atoms with Gasteiger partial charge in [0.25, 0.3) is 0 Å². The van der Waals surface area contributed by atoms with Crippen molar-refractivity contribution < 1.29 is 28.7 Å². The van der Waals surface area contributed by atoms with Crippen molar-refractivity contribution in [1.29, 1.82) is 0 Å². The normalized spacial score (nSPS) is 23.2. The van der Waals surface area contributed by atoms with E-state index in [2.05, 4.69) is 25.9 Å². The molecule has 0 unspecified atom stereocenters. The van der Waals surface area contributed by atoms with Crippen molar-refractivity contribution in [3.05, 3.63) is 30.1 Å². The van der Waals surface area contributed by atoms with Crippen molar-refractivity contribution in [2.24, 2.45) is 5.92 Å². The van der Waals surface area contributed by atoms with Gasteiger partial charge in [-0.3, -0.25) is 24.1 Å². The predicted octanol–water partition coefficient (Wildman–Crippen LogP) is 0.850. The van der Waals surface area contributed by atoms with Crippen LogP contribution in [0.25, 0.3) is 11.0 Å². The summed E-state index contributed by atoms with van der Waals surface area (Å²) in [4.78, 5) is 62.3. The maximum absolute atomic E-state index is 13.8. The highest BCUT2D eigenvalue weighted by Crippen LogP contribution is 2.33. The molecule has 12 heteroatoms. The first-order valence-electron chi connectivity index (χ1n) is 15.0. The van der Waals surface area contributed by atoms with Gasteiger partial charge in [0.15, 0.2) is 5.78 Å². The SMILES string of the molecule is C[C@H](NC(=O)CN1CCOCC1)C(=O)N[C@@H](Cc1ccc2nc[nH]c2c1)C(=O)N[C@@H](CC1CCCC1)C(=O)[C@]1(C)CO1. The van der Waals surface area contributed by atoms with Crippen LogP contribution < -0.4 is 16.0 Å². The van der Waals surface area contributed by atoms with E-state index < -0.39 is 35.5 Å². The van der Waals surface area contributed by atoms with Crippen LogP contribution in [0, 0.1) is 5.92 Å². The Morgan fingerprint density at radius 2 is 1.79 bits per heavy atom. The largest absolute Gasteiger partial charge is 0.379 e. The van der Waals surface area contributed by atoms with Gasteiger partial charge in [-0.15, -0.1) is 0 Å². The van der Waals surface area contributed by atoms with Crippen LogP contribution in [0.2, 0.25) is 0 Å². The van der Waals surface area contributed by atoms with Crippen molar-refractivity contribution in [2.45, 2.75) is 76.1 Å². The van der Waals surface area contributed by atoms with Gasteiger partial charge in [-0.05, 0) is 43.9 Å². The Morgan fingerprint density at radius 1 is 1.07 bits per heavy atom. The highest BCUT2D eigenvalue weighted by Gasteiger charge is 2.50. The summed E-state index contributed by atoms with van der Waals surface area (Å²) < 4.78 is 10.8. The number of epoxide rings is 1. The molecule has 1 saturated carbocycles. The van der Waals surface area contributed by atoms with E-state index in [0.29, 0.717) is 45.2 Å². The number of benzene rings is 1. The van der Waals surface area contributed by atoms with Crippen LogP contribution in [-0.2, 0) is 35.1 Å². The first-order chi connectivity index (χ1) is 20.2. The number of aromatic amines is 1. The number of morpholine rings is 1. The summed E-state index contributed by atoms with van der Waals surface area (Å²) in [6.07, 6.45) is 6.65. The summed E-state index contributed by atoms with van der Waals surface area (Å²) in [5.41, 5.74) is 1.54. The molecule has 1 aliphatic carbocycles. The number of imidazole rings is 1. The molecule has 2 aliphatic heterocycles. The Morgan fingerprint density at radius 3 is 2.50 bits per heavy atom. The highest BCUT2D eigenvalue weighted by atomic mass is 16.6. The number of rotatable bonds is 13. The van der Waals surface area contributed by atoms with Crippen molar-refractivity contribution in [2.75, 3.05) is 39.5 Å². The number of amides is 3. The number of ketones is 1. The molecule has 12 nitrogen and oxygen atoms in total. The summed E-state index contributed by atoms with van der Waals surface area (Å²) in [7, 11) is 0. The number of carbonyl (C=O) groups excluding carboxylic acids is 4. The quantitative estimate of drug-likeness (QED) is 0.253. The lowest BCUT2D eigenvalue weighted by Crippen LogP contribution is -2.57. The zero-order valence-electron chi connectivity index (χ0n) is 24.4. The smallest absolute Gasteiger partial charge is 0.243 e. The fourth-order valence-corrected chi connectivity index (χ4v) is 5.87. The zero-order valence-corrected chi connectivity index (χ0v) is 24.4. The fraction of sp³-hybridized carbons (Fsp3) is 0.633. The van der Waals surface area contributed by atoms with Gasteiger partial charge in [-0.25, -0.2) is 4.98 Å². The van der Waals surface area contributed by atoms with E-state index in [9.17, 15) is 19.2 Å². The third kappa shape index (κ3) is 7.73. The average molecular weight is 583 g/mol. The van der Waals surface area contributed by atoms with E-state index in [1.165, 1.54) is 0 Å². The third-order valence-corrected chi connectivity index (χ3v) is 8.57. The average Bonchev–Trinajstić information content (AvgIpc) is 3.32. The number of Topliss-reactive ketones (excluding diaryl/α,β-unsaturated/α-hetero) is 1. The lowest BCUT2D eigenvalue weighted by Gasteiger charge is -2.27. The van der Waals surface area contributed by atoms with Crippen molar-refractivity contribution in [3.63, 3.8) is 0 Å². The summed E-state index contributed by atoms with van der Waals surface area (Å²) in [6.45, 7) is 6.30. The number of nitrogens with one attached hydrogen (secondary N) is 4. The van der Waals surface area contributed by atoms with Crippen molar-refractivity contribution in [3.8, 4) is 0 Å². The number of hydrogen-bond acceptors (Lipinski definition) is 8. The number of aromatic nitrogens is 2. The molecule has 3 heterocycles. The van der Waals surface area contributed by atoms with Gasteiger partial charge in [0.2, 0.25) is 17.7 Å². The second kappa shape index (κ2) is 13.3. The van der Waals surface area contributed by atoms with Crippen LogP contribution in [0.1, 0.15) is 51.5 Å². The zero-order chi connectivity index (χ0) is 29.7. The molecule has 228 valence electrons. The monoisotopic (exact) mass is 582 g/mol. The molecule has 2 aromatic rings. The second-order valence-corrected chi connectivity index (χ2v) is 12.0. The van der Waals surface area contributed by atoms with Gasteiger partial charge in [-0.2, -0.15) is 0 Å². The van der Waals surface area contributed by atoms with E-state index in [1.807, 2.05) is 23.1 Å². The van der Waals surface area contributed by atoms with Gasteiger partial charge in [0.1, 0.15) is 17.7 Å². The Labute approximate surface area is 245 Å². The minimum absolute atomic E-state index is 0.129. The summed E-state index contributed by atoms with van der Waals surface area (Å²) in [6, 6.07) is 3.07. The molecular weight excluding hydrogens is 540 g/mol. The topological polar surface area (TPSA) is 158 Å². The standard InChI is InChI=1S/C30H42N6O6/c1-19(33-26(37)16-36-9-11-41-12-10-36)28(39)35-25(15-21-7-8-22-23(14-21)32-18-31-22)29(40)34-24(13-20-5-3-4-6-20)27(38)30(2)17-42-30/h7-8,14,18-20,24-25H,3-6,9-13,15-17H2,1-2H3,(H,31,32)(H,33,37)(H,34,40)(H,35,39)/t19-,24-,25-,30-/m0/s1. The Hall–Kier alpha value is -3.35. The molecule has 1 aromatic heterocycles. The number of carbonyl (C=O) groups is 4. The van der Waals surface area contributed by atoms with Gasteiger partial charge in [-0.1, -0.05) is 31.7 Å². The van der Waals surface area contributed by atoms with Gasteiger partial charge in [0, 0.05) is 19.5 Å². The molecule has 3 aliphatic rings. The molecular formula is C30H42N6O6. The number of hydrogen-bond donors (Lipinski definition) is 4. The maximum Gasteiger partial charge on any atom is 0.243 e. The molecule has 4 N–H and O–H groups in total. The fourth-order valence-electron chi connectivity index (χ4n) is 5.87. The van der Waals surface area contributed by atoms with E-state index >= 15 is 0 Å². The second-order valence-electron chi connectivity index (χ2n) is 12.0. The van der Waals surface area contributed by atoms with Crippen molar-refractivity contribution >= 4 is 34.5 Å². The molecule has 0 radical (unpaired) electrons. The summed E-state index contributed by atoms with van der Waals surface area (Å²) in [5.74, 6) is -0.968.